The summed E-state index contributed by atoms with van der Waals surface area (Å²) in [5, 5.41) is 13.1. The van der Waals surface area contributed by atoms with Gasteiger partial charge in [-0.3, -0.25) is 0 Å². The molecule has 11 aromatic carbocycles. The van der Waals surface area contributed by atoms with Crippen LogP contribution in [0.5, 0.6) is 0 Å². The molecule has 0 saturated heterocycles. The van der Waals surface area contributed by atoms with Crippen LogP contribution >= 0.6 is 0 Å². The molecule has 6 heteroatoms. The average Bonchev–Trinajstić information content (AvgIpc) is 4.34. The van der Waals surface area contributed by atoms with E-state index in [0.717, 1.165) is 155 Å². The monoisotopic (exact) mass is 984 g/mol. The van der Waals surface area contributed by atoms with Crippen LogP contribution in [0, 0.1) is 13.8 Å². The summed E-state index contributed by atoms with van der Waals surface area (Å²) in [6.45, 7) is 13.4. The zero-order valence-electron chi connectivity index (χ0n) is 43.2. The summed E-state index contributed by atoms with van der Waals surface area (Å²) < 4.78 is 26.5. The highest BCUT2D eigenvalue weighted by atomic mass is 16.4. The first-order valence-electron chi connectivity index (χ1n) is 26.4. The maximum atomic E-state index is 6.91. The predicted molar refractivity (Wildman–Crippen MR) is 318 cm³/mol. The molecule has 6 nitrogen and oxygen atoms in total. The summed E-state index contributed by atoms with van der Waals surface area (Å²) in [5.41, 5.74) is 18.1. The van der Waals surface area contributed by atoms with Crippen molar-refractivity contribution >= 4 is 143 Å². The lowest BCUT2D eigenvalue weighted by Gasteiger charge is -2.28. The van der Waals surface area contributed by atoms with Crippen LogP contribution in [0.4, 0.5) is 34.1 Å². The molecular weight excluding hydrogens is 933 g/mol. The predicted octanol–water partition coefficient (Wildman–Crippen LogP) is 21.4. The summed E-state index contributed by atoms with van der Waals surface area (Å²) in [7, 11) is 0. The van der Waals surface area contributed by atoms with Gasteiger partial charge in [-0.2, -0.15) is 0 Å². The number of nitrogens with zero attached hydrogens (tertiary/aromatic N) is 2. The molecule has 0 radical (unpaired) electrons. The first kappa shape index (κ1) is 44.2. The molecular formula is C70H52N2O4. The fourth-order valence-electron chi connectivity index (χ4n) is 12.1. The van der Waals surface area contributed by atoms with Crippen molar-refractivity contribution in [3.8, 4) is 0 Å². The van der Waals surface area contributed by atoms with Crippen LogP contribution in [0.15, 0.2) is 212 Å². The zero-order valence-corrected chi connectivity index (χ0v) is 43.2. The van der Waals surface area contributed by atoms with Gasteiger partial charge in [0.05, 0.1) is 0 Å². The molecule has 0 spiro atoms. The summed E-state index contributed by atoms with van der Waals surface area (Å²) in [5.74, 6) is 0.854. The highest BCUT2D eigenvalue weighted by Gasteiger charge is 2.24. The first-order chi connectivity index (χ1) is 37.1. The summed E-state index contributed by atoms with van der Waals surface area (Å²) in [6, 6.07) is 70.0. The third-order valence-corrected chi connectivity index (χ3v) is 16.1. The number of fused-ring (bicyclic) bond motifs is 15. The molecule has 0 amide bonds. The third-order valence-electron chi connectivity index (χ3n) is 16.1. The van der Waals surface area contributed by atoms with Crippen LogP contribution in [-0.4, -0.2) is 0 Å². The van der Waals surface area contributed by atoms with Gasteiger partial charge in [0.1, 0.15) is 33.5 Å². The fraction of sp³-hybridized carbons (Fsp3) is 0.114. The largest absolute Gasteiger partial charge is 0.456 e. The van der Waals surface area contributed by atoms with Gasteiger partial charge in [0.2, 0.25) is 0 Å². The lowest BCUT2D eigenvalue weighted by atomic mass is 10.00. The molecule has 0 saturated carbocycles. The van der Waals surface area contributed by atoms with E-state index in [1.54, 1.807) is 0 Å². The fourth-order valence-corrected chi connectivity index (χ4v) is 12.1. The number of rotatable bonds is 8. The van der Waals surface area contributed by atoms with E-state index >= 15 is 0 Å². The van der Waals surface area contributed by atoms with Crippen molar-refractivity contribution in [1.29, 1.82) is 0 Å². The van der Waals surface area contributed by atoms with Gasteiger partial charge in [-0.1, -0.05) is 100 Å². The Morgan fingerprint density at radius 1 is 0.303 bits per heavy atom. The molecule has 4 aromatic heterocycles. The third kappa shape index (κ3) is 6.73. The zero-order chi connectivity index (χ0) is 51.1. The van der Waals surface area contributed by atoms with Gasteiger partial charge in [0.15, 0.2) is 11.2 Å². The Morgan fingerprint density at radius 3 is 1.13 bits per heavy atom. The van der Waals surface area contributed by atoms with Crippen molar-refractivity contribution in [1.82, 2.24) is 0 Å². The Bertz CT molecular complexity index is 4540. The van der Waals surface area contributed by atoms with Crippen LogP contribution in [-0.2, 0) is 0 Å². The Balaban J connectivity index is 0.846. The van der Waals surface area contributed by atoms with Gasteiger partial charge in [-0.15, -0.1) is 0 Å². The lowest BCUT2D eigenvalue weighted by Crippen LogP contribution is -2.11. The van der Waals surface area contributed by atoms with Crippen LogP contribution in [0.3, 0.4) is 0 Å². The maximum absolute atomic E-state index is 6.91. The standard InChI is InChI=1S/C70H52N2O4/c1-39(2)43-15-21-49(22-16-43)71(59-29-31-63-67(41(59)5)55-11-7-9-13-61(55)73-63)51-25-19-45-35-57-53-27-28-54-58-36-46-20-26-52(34-48(46)38-66(58)76-70(54)69(53)75-65(57)37-47(45)33-51)72(50-23-17-44(18-24-50)40(3)4)60-30-32-64-68(42(60)6)56-12-8-10-14-62(56)74-64/h7-40H,1-6H3. The Hall–Kier alpha value is -9.26. The van der Waals surface area contributed by atoms with Gasteiger partial charge in [0.25, 0.3) is 0 Å². The molecule has 0 aliphatic carbocycles. The van der Waals surface area contributed by atoms with E-state index in [1.807, 2.05) is 24.3 Å². The normalized spacial score (nSPS) is 12.3. The Kier molecular flexibility index (Phi) is 9.68. The molecule has 0 bridgehead atoms. The van der Waals surface area contributed by atoms with Crippen molar-refractivity contribution in [3.63, 3.8) is 0 Å². The van der Waals surface area contributed by atoms with E-state index in [-0.39, 0.29) is 0 Å². The second kappa shape index (κ2) is 16.6. The quantitative estimate of drug-likeness (QED) is 0.151. The smallest absolute Gasteiger partial charge is 0.178 e. The molecule has 0 fully saturated rings. The van der Waals surface area contributed by atoms with Crippen LogP contribution in [0.2, 0.25) is 0 Å². The van der Waals surface area contributed by atoms with Gasteiger partial charge in [-0.05, 0) is 191 Å². The Labute approximate surface area is 438 Å². The summed E-state index contributed by atoms with van der Waals surface area (Å²) >= 11 is 0. The molecule has 0 unspecified atom stereocenters. The molecule has 76 heavy (non-hydrogen) atoms. The molecule has 4 heterocycles. The minimum absolute atomic E-state index is 0.427. The molecule has 366 valence electrons. The SMILES string of the molecule is Cc1c(N(c2ccc(C(C)C)cc2)c2ccc3cc4c(cc3c2)oc2c4ccc3c4cc5ccc(N(c6ccc(C(C)C)cc6)c6ccc7oc8ccccc8c7c6C)cc5cc4oc32)ccc2oc3ccccc3c12. The van der Waals surface area contributed by atoms with Crippen LogP contribution < -0.4 is 9.80 Å². The molecule has 15 rings (SSSR count). The maximum Gasteiger partial charge on any atom is 0.178 e. The first-order valence-corrected chi connectivity index (χ1v) is 26.4. The number of anilines is 6. The summed E-state index contributed by atoms with van der Waals surface area (Å²) in [4.78, 5) is 4.75. The minimum atomic E-state index is 0.427. The van der Waals surface area contributed by atoms with Crippen molar-refractivity contribution in [2.24, 2.45) is 0 Å². The number of furan rings is 4. The molecule has 0 atom stereocenters. The number of benzene rings is 11. The number of para-hydroxylation sites is 2. The Morgan fingerprint density at radius 2 is 0.711 bits per heavy atom. The molecule has 15 aromatic rings. The van der Waals surface area contributed by atoms with E-state index in [1.165, 1.54) is 11.1 Å². The highest BCUT2D eigenvalue weighted by molar-refractivity contribution is 6.22. The van der Waals surface area contributed by atoms with Gasteiger partial charge < -0.3 is 27.5 Å². The van der Waals surface area contributed by atoms with E-state index in [2.05, 4.69) is 221 Å². The second-order valence-electron chi connectivity index (χ2n) is 21.3. The number of hydrogen-bond donors (Lipinski definition) is 0. The van der Waals surface area contributed by atoms with Crippen LogP contribution in [0.25, 0.3) is 109 Å². The highest BCUT2D eigenvalue weighted by Crippen LogP contribution is 2.47. The van der Waals surface area contributed by atoms with Crippen molar-refractivity contribution in [3.05, 3.63) is 216 Å². The number of aryl methyl sites for hydroxylation is 2. The van der Waals surface area contributed by atoms with E-state index < -0.39 is 0 Å². The van der Waals surface area contributed by atoms with Crippen molar-refractivity contribution < 1.29 is 17.7 Å². The van der Waals surface area contributed by atoms with E-state index in [9.17, 15) is 0 Å². The summed E-state index contributed by atoms with van der Waals surface area (Å²) in [6.07, 6.45) is 0. The molecule has 0 aliphatic heterocycles. The van der Waals surface area contributed by atoms with Crippen LogP contribution in [0.1, 0.15) is 61.8 Å². The van der Waals surface area contributed by atoms with E-state index in [0.29, 0.717) is 11.8 Å². The molecule has 0 aliphatic rings. The minimum Gasteiger partial charge on any atom is -0.456 e. The topological polar surface area (TPSA) is 59.0 Å². The van der Waals surface area contributed by atoms with Crippen molar-refractivity contribution in [2.75, 3.05) is 9.80 Å². The van der Waals surface area contributed by atoms with E-state index in [4.69, 9.17) is 17.7 Å². The molecule has 0 N–H and O–H groups in total. The average molecular weight is 985 g/mol. The second-order valence-corrected chi connectivity index (χ2v) is 21.3. The van der Waals surface area contributed by atoms with Gasteiger partial charge in [0, 0.05) is 77.2 Å². The number of hydrogen-bond acceptors (Lipinski definition) is 6. The van der Waals surface area contributed by atoms with Gasteiger partial charge in [-0.25, -0.2) is 0 Å². The van der Waals surface area contributed by atoms with Gasteiger partial charge >= 0.3 is 0 Å². The van der Waals surface area contributed by atoms with Crippen molar-refractivity contribution in [2.45, 2.75) is 53.4 Å². The lowest BCUT2D eigenvalue weighted by molar-refractivity contribution is 0.634.